The maximum Gasteiger partial charge on any atom is 0.416 e. The van der Waals surface area contributed by atoms with Crippen molar-refractivity contribution < 1.29 is 26.4 Å². The summed E-state index contributed by atoms with van der Waals surface area (Å²) in [6, 6.07) is 7.35. The molecule has 0 spiro atoms. The van der Waals surface area contributed by atoms with Gasteiger partial charge in [0.2, 0.25) is 15.9 Å². The molecular formula is C21H19F3N4O3S2. The molecule has 0 N–H and O–H groups in total. The highest BCUT2D eigenvalue weighted by Gasteiger charge is 2.34. The Morgan fingerprint density at radius 3 is 2.52 bits per heavy atom. The third-order valence-electron chi connectivity index (χ3n) is 5.18. The second-order valence-corrected chi connectivity index (χ2v) is 10.2. The maximum absolute atomic E-state index is 13.0. The topological polar surface area (TPSA) is 83.5 Å². The van der Waals surface area contributed by atoms with Gasteiger partial charge in [-0.05, 0) is 30.3 Å². The number of pyridine rings is 1. The highest BCUT2D eigenvalue weighted by molar-refractivity contribution is 7.89. The van der Waals surface area contributed by atoms with E-state index in [0.717, 1.165) is 33.1 Å². The summed E-state index contributed by atoms with van der Waals surface area (Å²) < 4.78 is 65.6. The molecule has 0 bridgehead atoms. The maximum atomic E-state index is 13.0. The summed E-state index contributed by atoms with van der Waals surface area (Å²) in [5.41, 5.74) is 0.448. The largest absolute Gasteiger partial charge is 0.416 e. The quantitative estimate of drug-likeness (QED) is 0.541. The van der Waals surface area contributed by atoms with Crippen LogP contribution < -0.4 is 0 Å². The van der Waals surface area contributed by atoms with Crippen molar-refractivity contribution >= 4 is 27.3 Å². The van der Waals surface area contributed by atoms with Crippen molar-refractivity contribution in [1.29, 1.82) is 0 Å². The van der Waals surface area contributed by atoms with Gasteiger partial charge in [-0.1, -0.05) is 6.07 Å². The fraction of sp³-hybridized carbons (Fsp3) is 0.286. The van der Waals surface area contributed by atoms with Crippen LogP contribution in [0.4, 0.5) is 13.2 Å². The van der Waals surface area contributed by atoms with Gasteiger partial charge in [0.15, 0.2) is 0 Å². The molecule has 33 heavy (non-hydrogen) atoms. The monoisotopic (exact) mass is 496 g/mol. The average Bonchev–Trinajstić information content (AvgIpc) is 3.28. The predicted molar refractivity (Wildman–Crippen MR) is 116 cm³/mol. The van der Waals surface area contributed by atoms with Crippen LogP contribution in [0.3, 0.4) is 0 Å². The highest BCUT2D eigenvalue weighted by atomic mass is 32.2. The molecule has 0 aliphatic carbocycles. The van der Waals surface area contributed by atoms with E-state index in [-0.39, 0.29) is 38.5 Å². The summed E-state index contributed by atoms with van der Waals surface area (Å²) in [6.07, 6.45) is -1.21. The molecule has 1 amide bonds. The summed E-state index contributed by atoms with van der Waals surface area (Å²) in [4.78, 5) is 22.3. The minimum absolute atomic E-state index is 0.00230. The number of amides is 1. The lowest BCUT2D eigenvalue weighted by atomic mass is 10.2. The number of rotatable bonds is 5. The van der Waals surface area contributed by atoms with Gasteiger partial charge in [0, 0.05) is 49.5 Å². The number of nitrogens with zero attached hydrogens (tertiary/aromatic N) is 4. The van der Waals surface area contributed by atoms with Crippen molar-refractivity contribution in [3.8, 4) is 10.6 Å². The number of sulfonamides is 1. The third kappa shape index (κ3) is 5.23. The number of hydrogen-bond acceptors (Lipinski definition) is 6. The number of carbonyl (C=O) groups excluding carboxylic acids is 1. The van der Waals surface area contributed by atoms with Gasteiger partial charge >= 0.3 is 6.18 Å². The molecule has 1 saturated heterocycles. The summed E-state index contributed by atoms with van der Waals surface area (Å²) in [7, 11) is -4.10. The van der Waals surface area contributed by atoms with Crippen LogP contribution in [0.5, 0.6) is 0 Å². The Kier molecular flexibility index (Phi) is 6.50. The van der Waals surface area contributed by atoms with Crippen molar-refractivity contribution in [2.24, 2.45) is 0 Å². The van der Waals surface area contributed by atoms with Gasteiger partial charge in [-0.25, -0.2) is 13.4 Å². The lowest BCUT2D eigenvalue weighted by molar-refractivity contribution is -0.137. The fourth-order valence-corrected chi connectivity index (χ4v) is 5.72. The number of aromatic nitrogens is 2. The third-order valence-corrected chi connectivity index (χ3v) is 8.02. The normalized spacial score (nSPS) is 15.5. The summed E-state index contributed by atoms with van der Waals surface area (Å²) in [5, 5.41) is 2.55. The highest BCUT2D eigenvalue weighted by Crippen LogP contribution is 2.31. The molecular weight excluding hydrogens is 477 g/mol. The molecule has 1 aromatic carbocycles. The molecule has 3 heterocycles. The molecule has 7 nitrogen and oxygen atoms in total. The minimum atomic E-state index is -4.64. The van der Waals surface area contributed by atoms with Crippen molar-refractivity contribution in [3.63, 3.8) is 0 Å². The van der Waals surface area contributed by atoms with Crippen molar-refractivity contribution in [2.75, 3.05) is 26.2 Å². The van der Waals surface area contributed by atoms with E-state index >= 15 is 0 Å². The Morgan fingerprint density at radius 2 is 1.85 bits per heavy atom. The molecule has 0 unspecified atom stereocenters. The van der Waals surface area contributed by atoms with Gasteiger partial charge in [-0.15, -0.1) is 11.3 Å². The SMILES string of the molecule is O=C(Cc1csc(-c2cccnc2)n1)N1CCN(S(=O)(=O)c2cccc(C(F)(F)F)c2)CC1. The van der Waals surface area contributed by atoms with Gasteiger partial charge in [0.25, 0.3) is 0 Å². The van der Waals surface area contributed by atoms with Crippen LogP contribution in [0.15, 0.2) is 59.1 Å². The van der Waals surface area contributed by atoms with Gasteiger partial charge in [0.1, 0.15) is 5.01 Å². The molecule has 1 aliphatic rings. The minimum Gasteiger partial charge on any atom is -0.340 e. The standard InChI is InChI=1S/C21H19F3N4O3S2/c22-21(23,24)16-4-1-5-18(11-16)33(30,31)28-9-7-27(8-10-28)19(29)12-17-14-32-20(26-17)15-3-2-6-25-13-15/h1-6,11,13-14H,7-10,12H2. The van der Waals surface area contributed by atoms with Crippen molar-refractivity contribution in [3.05, 3.63) is 65.4 Å². The van der Waals surface area contributed by atoms with E-state index in [9.17, 15) is 26.4 Å². The molecule has 0 radical (unpaired) electrons. The Balaban J connectivity index is 1.38. The number of halogens is 3. The lowest BCUT2D eigenvalue weighted by Gasteiger charge is -2.34. The Morgan fingerprint density at radius 1 is 1.09 bits per heavy atom. The van der Waals surface area contributed by atoms with Crippen LogP contribution >= 0.6 is 11.3 Å². The van der Waals surface area contributed by atoms with Gasteiger partial charge in [0.05, 0.1) is 22.6 Å². The number of hydrogen-bond donors (Lipinski definition) is 0. The van der Waals surface area contributed by atoms with E-state index in [1.54, 1.807) is 28.7 Å². The smallest absolute Gasteiger partial charge is 0.340 e. The van der Waals surface area contributed by atoms with Gasteiger partial charge in [-0.3, -0.25) is 9.78 Å². The summed E-state index contributed by atoms with van der Waals surface area (Å²) >= 11 is 1.41. The van der Waals surface area contributed by atoms with E-state index < -0.39 is 26.7 Å². The molecule has 0 atom stereocenters. The zero-order valence-corrected chi connectivity index (χ0v) is 18.8. The molecule has 174 valence electrons. The first-order chi connectivity index (χ1) is 15.6. The molecule has 1 fully saturated rings. The number of carbonyl (C=O) groups is 1. The van der Waals surface area contributed by atoms with Gasteiger partial charge < -0.3 is 4.90 Å². The second kappa shape index (κ2) is 9.20. The van der Waals surface area contributed by atoms with E-state index in [1.807, 2.05) is 6.07 Å². The van der Waals surface area contributed by atoms with Crippen LogP contribution in [0.2, 0.25) is 0 Å². The van der Waals surface area contributed by atoms with E-state index in [2.05, 4.69) is 9.97 Å². The van der Waals surface area contributed by atoms with Crippen LogP contribution in [-0.2, 0) is 27.4 Å². The first kappa shape index (κ1) is 23.3. The zero-order chi connectivity index (χ0) is 23.6. The Bertz CT molecular complexity index is 1240. The first-order valence-corrected chi connectivity index (χ1v) is 12.3. The number of piperazine rings is 1. The van der Waals surface area contributed by atoms with Crippen molar-refractivity contribution in [2.45, 2.75) is 17.5 Å². The van der Waals surface area contributed by atoms with Crippen LogP contribution in [-0.4, -0.2) is 59.7 Å². The Labute approximate surface area is 192 Å². The molecule has 12 heteroatoms. The lowest BCUT2D eigenvalue weighted by Crippen LogP contribution is -2.50. The molecule has 4 rings (SSSR count). The second-order valence-electron chi connectivity index (χ2n) is 7.37. The molecule has 0 saturated carbocycles. The number of alkyl halides is 3. The van der Waals surface area contributed by atoms with Crippen LogP contribution in [0.25, 0.3) is 10.6 Å². The van der Waals surface area contributed by atoms with Gasteiger partial charge in [-0.2, -0.15) is 17.5 Å². The molecule has 2 aromatic heterocycles. The van der Waals surface area contributed by atoms with E-state index in [0.29, 0.717) is 11.8 Å². The van der Waals surface area contributed by atoms with Crippen molar-refractivity contribution in [1.82, 2.24) is 19.2 Å². The number of thiazole rings is 1. The molecule has 1 aliphatic heterocycles. The average molecular weight is 497 g/mol. The molecule has 3 aromatic rings. The summed E-state index contributed by atoms with van der Waals surface area (Å²) in [5.74, 6) is -0.186. The predicted octanol–water partition coefficient (Wildman–Crippen LogP) is 3.30. The fourth-order valence-electron chi connectivity index (χ4n) is 3.44. The Hall–Kier alpha value is -2.83. The number of benzene rings is 1. The first-order valence-electron chi connectivity index (χ1n) is 9.94. The van der Waals surface area contributed by atoms with E-state index in [4.69, 9.17) is 0 Å². The van der Waals surface area contributed by atoms with Crippen LogP contribution in [0.1, 0.15) is 11.3 Å². The zero-order valence-electron chi connectivity index (χ0n) is 17.2. The van der Waals surface area contributed by atoms with E-state index in [1.165, 1.54) is 11.3 Å². The summed E-state index contributed by atoms with van der Waals surface area (Å²) in [6.45, 7) is 0.303. The van der Waals surface area contributed by atoms with Crippen LogP contribution in [0, 0.1) is 0 Å².